The van der Waals surface area contributed by atoms with Crippen molar-refractivity contribution >= 4 is 6.03 Å². The van der Waals surface area contributed by atoms with E-state index in [1.807, 2.05) is 31.2 Å². The fourth-order valence-electron chi connectivity index (χ4n) is 2.34. The van der Waals surface area contributed by atoms with Crippen molar-refractivity contribution < 1.29 is 14.3 Å². The Morgan fingerprint density at radius 2 is 2.13 bits per heavy atom. The SMILES string of the molecule is C[C@@H](NC(=O)NCc1ccn[nH]1)c1ccc2c(c1)OCCCO2. The molecule has 1 aromatic heterocycles. The first-order chi connectivity index (χ1) is 11.2. The van der Waals surface area contributed by atoms with Crippen molar-refractivity contribution in [3.63, 3.8) is 0 Å². The Hall–Kier alpha value is -2.70. The number of ether oxygens (including phenoxy) is 2. The van der Waals surface area contributed by atoms with Gasteiger partial charge in [-0.1, -0.05) is 6.07 Å². The molecule has 0 unspecified atom stereocenters. The molecule has 0 saturated carbocycles. The molecule has 7 nitrogen and oxygen atoms in total. The van der Waals surface area contributed by atoms with E-state index in [-0.39, 0.29) is 12.1 Å². The number of urea groups is 1. The van der Waals surface area contributed by atoms with Crippen LogP contribution in [-0.4, -0.2) is 29.4 Å². The number of nitrogens with one attached hydrogen (secondary N) is 3. The van der Waals surface area contributed by atoms with Crippen LogP contribution >= 0.6 is 0 Å². The van der Waals surface area contributed by atoms with Crippen LogP contribution < -0.4 is 20.1 Å². The minimum atomic E-state index is -0.237. The number of aromatic nitrogens is 2. The summed E-state index contributed by atoms with van der Waals surface area (Å²) in [5, 5.41) is 12.3. The van der Waals surface area contributed by atoms with Gasteiger partial charge in [0.1, 0.15) is 0 Å². The zero-order valence-corrected chi connectivity index (χ0v) is 13.0. The predicted molar refractivity (Wildman–Crippen MR) is 84.4 cm³/mol. The largest absolute Gasteiger partial charge is 0.490 e. The maximum Gasteiger partial charge on any atom is 0.315 e. The summed E-state index contributed by atoms with van der Waals surface area (Å²) in [6.45, 7) is 3.63. The van der Waals surface area contributed by atoms with Crippen LogP contribution in [0.15, 0.2) is 30.5 Å². The lowest BCUT2D eigenvalue weighted by atomic mass is 10.1. The summed E-state index contributed by atoms with van der Waals surface area (Å²) in [6, 6.07) is 7.17. The highest BCUT2D eigenvalue weighted by Gasteiger charge is 2.15. The van der Waals surface area contributed by atoms with Crippen LogP contribution in [0.2, 0.25) is 0 Å². The van der Waals surface area contributed by atoms with Gasteiger partial charge in [-0.05, 0) is 30.7 Å². The molecule has 3 rings (SSSR count). The third-order valence-electron chi connectivity index (χ3n) is 3.62. The summed E-state index contributed by atoms with van der Waals surface area (Å²) in [5.74, 6) is 1.48. The van der Waals surface area contributed by atoms with Crippen molar-refractivity contribution in [3.05, 3.63) is 41.7 Å². The molecule has 0 fully saturated rings. The van der Waals surface area contributed by atoms with Gasteiger partial charge in [0.2, 0.25) is 0 Å². The van der Waals surface area contributed by atoms with Crippen LogP contribution in [0.5, 0.6) is 11.5 Å². The van der Waals surface area contributed by atoms with Crippen LogP contribution in [0.1, 0.15) is 30.6 Å². The highest BCUT2D eigenvalue weighted by Crippen LogP contribution is 2.32. The van der Waals surface area contributed by atoms with E-state index in [0.717, 1.165) is 29.2 Å². The second-order valence-electron chi connectivity index (χ2n) is 5.39. The minimum Gasteiger partial charge on any atom is -0.490 e. The van der Waals surface area contributed by atoms with Crippen molar-refractivity contribution in [1.29, 1.82) is 0 Å². The fraction of sp³-hybridized carbons (Fsp3) is 0.375. The van der Waals surface area contributed by atoms with Crippen molar-refractivity contribution in [2.24, 2.45) is 0 Å². The molecule has 122 valence electrons. The lowest BCUT2D eigenvalue weighted by molar-refractivity contribution is 0.237. The second-order valence-corrected chi connectivity index (χ2v) is 5.39. The third kappa shape index (κ3) is 3.94. The Balaban J connectivity index is 1.58. The highest BCUT2D eigenvalue weighted by atomic mass is 16.5. The van der Waals surface area contributed by atoms with Gasteiger partial charge in [0.25, 0.3) is 0 Å². The van der Waals surface area contributed by atoms with E-state index in [1.54, 1.807) is 6.20 Å². The standard InChI is InChI=1S/C16H20N4O3/c1-11(19-16(21)17-10-13-5-6-18-20-13)12-3-4-14-15(9-12)23-8-2-7-22-14/h3-6,9,11H,2,7-8,10H2,1H3,(H,18,20)(H2,17,19,21)/t11-/m1/s1. The smallest absolute Gasteiger partial charge is 0.315 e. The number of carbonyl (C=O) groups excluding carboxylic acids is 1. The molecule has 0 aliphatic carbocycles. The number of benzene rings is 1. The van der Waals surface area contributed by atoms with Crippen molar-refractivity contribution in [2.75, 3.05) is 13.2 Å². The number of H-pyrrole nitrogens is 1. The quantitative estimate of drug-likeness (QED) is 0.806. The number of aromatic amines is 1. The minimum absolute atomic E-state index is 0.145. The fourth-order valence-corrected chi connectivity index (χ4v) is 2.34. The van der Waals surface area contributed by atoms with E-state index in [2.05, 4.69) is 20.8 Å². The first kappa shape index (κ1) is 15.2. The molecule has 0 saturated heterocycles. The zero-order valence-electron chi connectivity index (χ0n) is 13.0. The maximum atomic E-state index is 12.0. The average molecular weight is 316 g/mol. The average Bonchev–Trinajstić information content (AvgIpc) is 2.96. The highest BCUT2D eigenvalue weighted by molar-refractivity contribution is 5.74. The number of amides is 2. The van der Waals surface area contributed by atoms with Crippen molar-refractivity contribution in [3.8, 4) is 11.5 Å². The van der Waals surface area contributed by atoms with Crippen molar-refractivity contribution in [2.45, 2.75) is 25.9 Å². The molecule has 1 aromatic carbocycles. The Morgan fingerprint density at radius 3 is 2.91 bits per heavy atom. The lowest BCUT2D eigenvalue weighted by Crippen LogP contribution is -2.36. The Kier molecular flexibility index (Phi) is 4.65. The van der Waals surface area contributed by atoms with Gasteiger partial charge in [-0.2, -0.15) is 5.10 Å². The van der Waals surface area contributed by atoms with E-state index in [0.29, 0.717) is 19.8 Å². The molecule has 2 amide bonds. The van der Waals surface area contributed by atoms with Gasteiger partial charge in [0.15, 0.2) is 11.5 Å². The van der Waals surface area contributed by atoms with Gasteiger partial charge < -0.3 is 20.1 Å². The molecular weight excluding hydrogens is 296 g/mol. The molecule has 3 N–H and O–H groups in total. The lowest BCUT2D eigenvalue weighted by Gasteiger charge is -2.16. The topological polar surface area (TPSA) is 88.3 Å². The summed E-state index contributed by atoms with van der Waals surface area (Å²) in [4.78, 5) is 12.0. The molecule has 23 heavy (non-hydrogen) atoms. The van der Waals surface area contributed by atoms with Crippen LogP contribution in [-0.2, 0) is 6.54 Å². The summed E-state index contributed by atoms with van der Waals surface area (Å²) in [5.41, 5.74) is 1.81. The molecule has 0 spiro atoms. The monoisotopic (exact) mass is 316 g/mol. The number of nitrogens with zero attached hydrogens (tertiary/aromatic N) is 1. The van der Waals surface area contributed by atoms with E-state index in [1.165, 1.54) is 0 Å². The Bertz CT molecular complexity index is 657. The number of fused-ring (bicyclic) bond motifs is 1. The van der Waals surface area contributed by atoms with Gasteiger partial charge in [0, 0.05) is 12.6 Å². The van der Waals surface area contributed by atoms with Crippen LogP contribution in [0, 0.1) is 0 Å². The molecule has 1 aliphatic heterocycles. The molecule has 0 bridgehead atoms. The molecule has 1 aliphatic rings. The molecule has 1 atom stereocenters. The molecule has 2 aromatic rings. The third-order valence-corrected chi connectivity index (χ3v) is 3.62. The number of hydrogen-bond acceptors (Lipinski definition) is 4. The number of carbonyl (C=O) groups is 1. The predicted octanol–water partition coefficient (Wildman–Crippen LogP) is 2.13. The summed E-state index contributed by atoms with van der Waals surface area (Å²) in [7, 11) is 0. The van der Waals surface area contributed by atoms with Gasteiger partial charge in [0.05, 0.1) is 31.5 Å². The van der Waals surface area contributed by atoms with Crippen molar-refractivity contribution in [1.82, 2.24) is 20.8 Å². The second kappa shape index (κ2) is 7.04. The van der Waals surface area contributed by atoms with E-state index < -0.39 is 0 Å². The zero-order chi connectivity index (χ0) is 16.1. The first-order valence-corrected chi connectivity index (χ1v) is 7.64. The van der Waals surface area contributed by atoms with Crippen LogP contribution in [0.3, 0.4) is 0 Å². The van der Waals surface area contributed by atoms with E-state index in [4.69, 9.17) is 9.47 Å². The first-order valence-electron chi connectivity index (χ1n) is 7.64. The maximum absolute atomic E-state index is 12.0. The molecule has 2 heterocycles. The molecule has 0 radical (unpaired) electrons. The van der Waals surface area contributed by atoms with E-state index in [9.17, 15) is 4.79 Å². The van der Waals surface area contributed by atoms with Gasteiger partial charge in [-0.25, -0.2) is 4.79 Å². The number of rotatable bonds is 4. The molecule has 7 heteroatoms. The number of hydrogen-bond donors (Lipinski definition) is 3. The van der Waals surface area contributed by atoms with E-state index >= 15 is 0 Å². The van der Waals surface area contributed by atoms with Crippen LogP contribution in [0.4, 0.5) is 4.79 Å². The van der Waals surface area contributed by atoms with Gasteiger partial charge >= 0.3 is 6.03 Å². The summed E-state index contributed by atoms with van der Waals surface area (Å²) < 4.78 is 11.3. The Morgan fingerprint density at radius 1 is 1.30 bits per heavy atom. The van der Waals surface area contributed by atoms with Gasteiger partial charge in [-0.15, -0.1) is 0 Å². The summed E-state index contributed by atoms with van der Waals surface area (Å²) in [6.07, 6.45) is 2.52. The normalized spacial score (nSPS) is 14.7. The summed E-state index contributed by atoms with van der Waals surface area (Å²) >= 11 is 0. The van der Waals surface area contributed by atoms with Crippen LogP contribution in [0.25, 0.3) is 0 Å². The molecular formula is C16H20N4O3. The Labute approximate surface area is 134 Å². The van der Waals surface area contributed by atoms with Gasteiger partial charge in [-0.3, -0.25) is 5.10 Å².